The summed E-state index contributed by atoms with van der Waals surface area (Å²) in [5.41, 5.74) is 5.94. The quantitative estimate of drug-likeness (QED) is 0.695. The minimum absolute atomic E-state index is 0. The van der Waals surface area contributed by atoms with Crippen LogP contribution < -0.4 is 11.1 Å². The molecule has 0 bridgehead atoms. The van der Waals surface area contributed by atoms with Crippen LogP contribution in [0.2, 0.25) is 0 Å². The SMILES string of the molecule is CC(=O)N1CCN(S(=O)(=O)c2cccc(C(=O)NCCC(C)N)c2)CC1.Cl. The molecule has 1 aliphatic rings. The number of benzene rings is 1. The number of amides is 2. The molecule has 1 aliphatic heterocycles. The van der Waals surface area contributed by atoms with Crippen LogP contribution in [0.25, 0.3) is 0 Å². The second-order valence-corrected chi connectivity index (χ2v) is 8.40. The van der Waals surface area contributed by atoms with E-state index < -0.39 is 10.0 Å². The molecule has 1 fully saturated rings. The molecule has 0 spiro atoms. The van der Waals surface area contributed by atoms with Crippen LogP contribution in [-0.2, 0) is 14.8 Å². The highest BCUT2D eigenvalue weighted by Gasteiger charge is 2.29. The van der Waals surface area contributed by atoms with Crippen molar-refractivity contribution in [1.82, 2.24) is 14.5 Å². The third kappa shape index (κ3) is 6.17. The van der Waals surface area contributed by atoms with Crippen molar-refractivity contribution >= 4 is 34.2 Å². The summed E-state index contributed by atoms with van der Waals surface area (Å²) in [6.07, 6.45) is 0.643. The molecule has 8 nitrogen and oxygen atoms in total. The fourth-order valence-electron chi connectivity index (χ4n) is 2.71. The Hall–Kier alpha value is -1.68. The van der Waals surface area contributed by atoms with Crippen molar-refractivity contribution in [3.05, 3.63) is 29.8 Å². The van der Waals surface area contributed by atoms with E-state index in [2.05, 4.69) is 5.32 Å². The van der Waals surface area contributed by atoms with E-state index in [1.54, 1.807) is 17.0 Å². The second-order valence-electron chi connectivity index (χ2n) is 6.46. The van der Waals surface area contributed by atoms with Crippen LogP contribution in [0.4, 0.5) is 0 Å². The van der Waals surface area contributed by atoms with E-state index in [1.165, 1.54) is 23.4 Å². The minimum atomic E-state index is -3.71. The van der Waals surface area contributed by atoms with Crippen LogP contribution in [0.1, 0.15) is 30.6 Å². The highest BCUT2D eigenvalue weighted by atomic mass is 35.5. The zero-order valence-corrected chi connectivity index (χ0v) is 17.2. The standard InChI is InChI=1S/C17H26N4O4S.ClH/c1-13(18)6-7-19-17(23)15-4-3-5-16(12-15)26(24,25)21-10-8-20(9-11-21)14(2)22;/h3-5,12-13H,6-11,18H2,1-2H3,(H,19,23);1H. The summed E-state index contributed by atoms with van der Waals surface area (Å²) in [5.74, 6) is -0.392. The average molecular weight is 419 g/mol. The highest BCUT2D eigenvalue weighted by molar-refractivity contribution is 7.89. The van der Waals surface area contributed by atoms with Crippen LogP contribution in [-0.4, -0.2) is 68.2 Å². The monoisotopic (exact) mass is 418 g/mol. The molecular formula is C17H27ClN4O4S. The molecule has 1 aromatic carbocycles. The van der Waals surface area contributed by atoms with Gasteiger partial charge in [0.25, 0.3) is 5.91 Å². The van der Waals surface area contributed by atoms with Crippen LogP contribution in [0.15, 0.2) is 29.2 Å². The first-order valence-electron chi connectivity index (χ1n) is 8.61. The smallest absolute Gasteiger partial charge is 0.251 e. The maximum absolute atomic E-state index is 12.8. The lowest BCUT2D eigenvalue weighted by Crippen LogP contribution is -2.49. The molecule has 1 aromatic rings. The summed E-state index contributed by atoms with van der Waals surface area (Å²) in [4.78, 5) is 25.3. The number of piperazine rings is 1. The molecule has 0 radical (unpaired) electrons. The largest absolute Gasteiger partial charge is 0.352 e. The lowest BCUT2D eigenvalue weighted by molar-refractivity contribution is -0.129. The molecule has 2 amide bonds. The Morgan fingerprint density at radius 3 is 2.41 bits per heavy atom. The van der Waals surface area contributed by atoms with Crippen molar-refractivity contribution in [1.29, 1.82) is 0 Å². The molecule has 1 saturated heterocycles. The van der Waals surface area contributed by atoms with Crippen molar-refractivity contribution in [2.24, 2.45) is 5.73 Å². The number of carbonyl (C=O) groups is 2. The molecule has 10 heteroatoms. The first kappa shape index (κ1) is 23.4. The third-order valence-corrected chi connectivity index (χ3v) is 6.20. The summed E-state index contributed by atoms with van der Waals surface area (Å²) >= 11 is 0. The van der Waals surface area contributed by atoms with Gasteiger partial charge in [-0.25, -0.2) is 8.42 Å². The van der Waals surface area contributed by atoms with Gasteiger partial charge in [0.15, 0.2) is 0 Å². The van der Waals surface area contributed by atoms with Crippen molar-refractivity contribution in [3.63, 3.8) is 0 Å². The molecule has 2 rings (SSSR count). The van der Waals surface area contributed by atoms with E-state index in [1.807, 2.05) is 6.92 Å². The number of sulfonamides is 1. The summed E-state index contributed by atoms with van der Waals surface area (Å²) in [5, 5.41) is 2.74. The molecule has 152 valence electrons. The normalized spacial score (nSPS) is 16.3. The lowest BCUT2D eigenvalue weighted by Gasteiger charge is -2.33. The maximum Gasteiger partial charge on any atom is 0.251 e. The number of nitrogens with two attached hydrogens (primary N) is 1. The average Bonchev–Trinajstić information content (AvgIpc) is 2.61. The molecule has 1 unspecified atom stereocenters. The first-order valence-corrected chi connectivity index (χ1v) is 10.1. The summed E-state index contributed by atoms with van der Waals surface area (Å²) < 4.78 is 27.0. The van der Waals surface area contributed by atoms with Gasteiger partial charge in [-0.05, 0) is 31.5 Å². The van der Waals surface area contributed by atoms with E-state index in [0.29, 0.717) is 26.1 Å². The van der Waals surface area contributed by atoms with Gasteiger partial charge in [-0.1, -0.05) is 6.07 Å². The maximum atomic E-state index is 12.8. The molecule has 1 atom stereocenters. The molecule has 0 aromatic heterocycles. The van der Waals surface area contributed by atoms with Crippen LogP contribution in [0.3, 0.4) is 0 Å². The number of hydrogen-bond donors (Lipinski definition) is 2. The molecular weight excluding hydrogens is 392 g/mol. The van der Waals surface area contributed by atoms with Gasteiger partial charge in [0.05, 0.1) is 4.90 Å². The fraction of sp³-hybridized carbons (Fsp3) is 0.529. The van der Waals surface area contributed by atoms with Gasteiger partial charge in [-0.15, -0.1) is 12.4 Å². The van der Waals surface area contributed by atoms with Crippen molar-refractivity contribution in [3.8, 4) is 0 Å². The fourth-order valence-corrected chi connectivity index (χ4v) is 4.17. The molecule has 1 heterocycles. The Kier molecular flexibility index (Phi) is 8.67. The Morgan fingerprint density at radius 2 is 1.85 bits per heavy atom. The summed E-state index contributed by atoms with van der Waals surface area (Å²) in [6.45, 7) is 4.97. The van der Waals surface area contributed by atoms with E-state index in [0.717, 1.165) is 0 Å². The predicted octanol–water partition coefficient (Wildman–Crippen LogP) is 0.428. The van der Waals surface area contributed by atoms with Gasteiger partial charge < -0.3 is 16.0 Å². The van der Waals surface area contributed by atoms with Crippen LogP contribution in [0, 0.1) is 0 Å². The molecule has 0 aliphatic carbocycles. The number of hydrogen-bond acceptors (Lipinski definition) is 5. The Morgan fingerprint density at radius 1 is 1.22 bits per heavy atom. The zero-order valence-electron chi connectivity index (χ0n) is 15.6. The van der Waals surface area contributed by atoms with Gasteiger partial charge in [0.1, 0.15) is 0 Å². The molecule has 27 heavy (non-hydrogen) atoms. The minimum Gasteiger partial charge on any atom is -0.352 e. The second kappa shape index (κ2) is 10.0. The third-order valence-electron chi connectivity index (χ3n) is 4.30. The number of halogens is 1. The summed E-state index contributed by atoms with van der Waals surface area (Å²) in [6, 6.07) is 5.97. The number of carbonyl (C=O) groups excluding carboxylic acids is 2. The number of nitrogens with zero attached hydrogens (tertiary/aromatic N) is 2. The van der Waals surface area contributed by atoms with E-state index in [4.69, 9.17) is 5.73 Å². The predicted molar refractivity (Wildman–Crippen MR) is 105 cm³/mol. The number of rotatable bonds is 6. The van der Waals surface area contributed by atoms with Gasteiger partial charge in [-0.2, -0.15) is 4.31 Å². The van der Waals surface area contributed by atoms with Crippen LogP contribution in [0.5, 0.6) is 0 Å². The molecule has 0 saturated carbocycles. The Labute approximate surface area is 166 Å². The van der Waals surface area contributed by atoms with Crippen molar-refractivity contribution in [2.45, 2.75) is 31.2 Å². The van der Waals surface area contributed by atoms with Crippen molar-refractivity contribution < 1.29 is 18.0 Å². The van der Waals surface area contributed by atoms with E-state index in [-0.39, 0.29) is 53.8 Å². The van der Waals surface area contributed by atoms with Gasteiger partial charge >= 0.3 is 0 Å². The van der Waals surface area contributed by atoms with Gasteiger partial charge in [-0.3, -0.25) is 9.59 Å². The first-order chi connectivity index (χ1) is 12.2. The van der Waals surface area contributed by atoms with E-state index in [9.17, 15) is 18.0 Å². The van der Waals surface area contributed by atoms with Gasteiger partial charge in [0, 0.05) is 51.3 Å². The van der Waals surface area contributed by atoms with E-state index >= 15 is 0 Å². The molecule has 3 N–H and O–H groups in total. The zero-order chi connectivity index (χ0) is 19.3. The summed E-state index contributed by atoms with van der Waals surface area (Å²) in [7, 11) is -3.71. The Balaban J connectivity index is 0.00000364. The topological polar surface area (TPSA) is 113 Å². The van der Waals surface area contributed by atoms with Crippen molar-refractivity contribution in [2.75, 3.05) is 32.7 Å². The highest BCUT2D eigenvalue weighted by Crippen LogP contribution is 2.19. The van der Waals surface area contributed by atoms with Crippen LogP contribution >= 0.6 is 12.4 Å². The lowest BCUT2D eigenvalue weighted by atomic mass is 10.2. The van der Waals surface area contributed by atoms with Gasteiger partial charge in [0.2, 0.25) is 15.9 Å². The Bertz CT molecular complexity index is 762. The number of nitrogens with one attached hydrogen (secondary N) is 1.